The number of carboxylic acid groups (broad SMARTS) is 1. The van der Waals surface area contributed by atoms with E-state index in [-0.39, 0.29) is 0 Å². The second kappa shape index (κ2) is 4.94. The van der Waals surface area contributed by atoms with Crippen molar-refractivity contribution >= 4 is 5.97 Å². The first-order chi connectivity index (χ1) is 8.58. The number of aromatic nitrogens is 6. The lowest BCUT2D eigenvalue weighted by Gasteiger charge is -2.06. The number of rotatable bonds is 5. The molecule has 0 saturated heterocycles. The predicted molar refractivity (Wildman–Crippen MR) is 61.4 cm³/mol. The van der Waals surface area contributed by atoms with Crippen molar-refractivity contribution in [2.45, 2.75) is 19.9 Å². The monoisotopic (exact) mass is 250 g/mol. The summed E-state index contributed by atoms with van der Waals surface area (Å²) in [5.74, 6) is -0.693. The number of carboxylic acids is 1. The molecule has 1 unspecified atom stereocenters. The number of hydrogen-bond acceptors (Lipinski definition) is 5. The van der Waals surface area contributed by atoms with Gasteiger partial charge in [0, 0.05) is 19.8 Å². The van der Waals surface area contributed by atoms with Gasteiger partial charge in [-0.25, -0.2) is 4.68 Å². The van der Waals surface area contributed by atoms with Gasteiger partial charge < -0.3 is 5.11 Å². The maximum absolute atomic E-state index is 10.7. The van der Waals surface area contributed by atoms with Gasteiger partial charge in [-0.1, -0.05) is 6.92 Å². The Morgan fingerprint density at radius 3 is 2.94 bits per heavy atom. The van der Waals surface area contributed by atoms with Crippen LogP contribution in [0.4, 0.5) is 0 Å². The molecule has 96 valence electrons. The van der Waals surface area contributed by atoms with Crippen LogP contribution in [0.1, 0.15) is 13.3 Å². The molecule has 0 aliphatic heterocycles. The summed E-state index contributed by atoms with van der Waals surface area (Å²) in [6, 6.07) is 1.81. The number of nitrogens with zero attached hydrogens (tertiary/aromatic N) is 6. The van der Waals surface area contributed by atoms with Gasteiger partial charge in [0.2, 0.25) is 5.82 Å². The van der Waals surface area contributed by atoms with E-state index in [2.05, 4.69) is 20.6 Å². The van der Waals surface area contributed by atoms with Gasteiger partial charge in [-0.2, -0.15) is 5.10 Å². The van der Waals surface area contributed by atoms with Crippen LogP contribution in [0.15, 0.2) is 12.3 Å². The summed E-state index contributed by atoms with van der Waals surface area (Å²) >= 11 is 0. The van der Waals surface area contributed by atoms with Crippen LogP contribution < -0.4 is 0 Å². The molecule has 0 aliphatic rings. The molecule has 8 heteroatoms. The van der Waals surface area contributed by atoms with Crippen LogP contribution in [-0.4, -0.2) is 41.1 Å². The molecule has 2 aromatic heterocycles. The minimum Gasteiger partial charge on any atom is -0.481 e. The Bertz CT molecular complexity index is 546. The minimum absolute atomic E-state index is 0.425. The van der Waals surface area contributed by atoms with Crippen LogP contribution >= 0.6 is 0 Å². The van der Waals surface area contributed by atoms with Crippen molar-refractivity contribution < 1.29 is 9.90 Å². The van der Waals surface area contributed by atoms with Crippen molar-refractivity contribution in [2.75, 3.05) is 0 Å². The summed E-state index contributed by atoms with van der Waals surface area (Å²) in [6.45, 7) is 2.11. The van der Waals surface area contributed by atoms with Crippen LogP contribution in [0.5, 0.6) is 0 Å². The Morgan fingerprint density at radius 1 is 1.56 bits per heavy atom. The third-order valence-electron chi connectivity index (χ3n) is 2.67. The van der Waals surface area contributed by atoms with E-state index in [0.717, 1.165) is 0 Å². The van der Waals surface area contributed by atoms with Gasteiger partial charge in [0.25, 0.3) is 0 Å². The van der Waals surface area contributed by atoms with Gasteiger partial charge >= 0.3 is 5.97 Å². The molecule has 1 N–H and O–H groups in total. The molecule has 2 rings (SSSR count). The highest BCUT2D eigenvalue weighted by molar-refractivity contribution is 5.69. The van der Waals surface area contributed by atoms with Crippen LogP contribution in [0, 0.1) is 5.92 Å². The Balaban J connectivity index is 2.11. The molecule has 0 aliphatic carbocycles. The molecule has 18 heavy (non-hydrogen) atoms. The van der Waals surface area contributed by atoms with Crippen molar-refractivity contribution in [3.63, 3.8) is 0 Å². The zero-order valence-electron chi connectivity index (χ0n) is 10.2. The van der Waals surface area contributed by atoms with Gasteiger partial charge in [0.1, 0.15) is 5.69 Å². The Kier molecular flexibility index (Phi) is 3.35. The van der Waals surface area contributed by atoms with Gasteiger partial charge in [-0.15, -0.1) is 5.10 Å². The van der Waals surface area contributed by atoms with E-state index >= 15 is 0 Å². The molecule has 0 bridgehead atoms. The van der Waals surface area contributed by atoms with E-state index in [1.54, 1.807) is 22.5 Å². The molecule has 1 atom stereocenters. The number of tetrazole rings is 1. The molecular formula is C10H14N6O2. The summed E-state index contributed by atoms with van der Waals surface area (Å²) in [5.41, 5.74) is 0.672. The molecular weight excluding hydrogens is 236 g/mol. The highest BCUT2D eigenvalue weighted by atomic mass is 16.4. The largest absolute Gasteiger partial charge is 0.481 e. The zero-order valence-corrected chi connectivity index (χ0v) is 10.2. The van der Waals surface area contributed by atoms with E-state index in [0.29, 0.717) is 24.5 Å². The van der Waals surface area contributed by atoms with E-state index in [1.165, 1.54) is 0 Å². The zero-order chi connectivity index (χ0) is 13.1. The third-order valence-corrected chi connectivity index (χ3v) is 2.67. The fraction of sp³-hybridized carbons (Fsp3) is 0.500. The Labute approximate surface area is 103 Å². The lowest BCUT2D eigenvalue weighted by atomic mass is 10.1. The fourth-order valence-corrected chi connectivity index (χ4v) is 1.51. The number of carbonyl (C=O) groups is 1. The molecule has 0 amide bonds. The highest BCUT2D eigenvalue weighted by Gasteiger charge is 2.15. The summed E-state index contributed by atoms with van der Waals surface area (Å²) in [7, 11) is 1.81. The first-order valence-electron chi connectivity index (χ1n) is 5.57. The average molecular weight is 250 g/mol. The quantitative estimate of drug-likeness (QED) is 0.813. The maximum atomic E-state index is 10.7. The summed E-state index contributed by atoms with van der Waals surface area (Å²) in [5, 5.41) is 24.4. The van der Waals surface area contributed by atoms with Crippen molar-refractivity contribution in [1.82, 2.24) is 30.0 Å². The normalized spacial score (nSPS) is 12.6. The number of aryl methyl sites for hydroxylation is 2. The number of aliphatic carboxylic acids is 1. The average Bonchev–Trinajstić information content (AvgIpc) is 2.93. The first-order valence-corrected chi connectivity index (χ1v) is 5.57. The van der Waals surface area contributed by atoms with E-state index in [9.17, 15) is 4.79 Å². The molecule has 0 spiro atoms. The van der Waals surface area contributed by atoms with E-state index in [1.807, 2.05) is 13.1 Å². The lowest BCUT2D eigenvalue weighted by Crippen LogP contribution is -2.14. The molecule has 2 aromatic rings. The standard InChI is InChI=1S/C10H14N6O2/c1-7(10(17)18)3-6-16-9(11-13-14-16)8-4-5-15(2)12-8/h4-5,7H,3,6H2,1-2H3,(H,17,18). The number of hydrogen-bond donors (Lipinski definition) is 1. The maximum Gasteiger partial charge on any atom is 0.306 e. The second-order valence-corrected chi connectivity index (χ2v) is 4.13. The Hall–Kier alpha value is -2.25. The van der Waals surface area contributed by atoms with Gasteiger partial charge in [0.15, 0.2) is 0 Å². The summed E-state index contributed by atoms with van der Waals surface area (Å²) < 4.78 is 3.23. The van der Waals surface area contributed by atoms with E-state index < -0.39 is 11.9 Å². The van der Waals surface area contributed by atoms with Gasteiger partial charge in [-0.3, -0.25) is 9.48 Å². The fourth-order valence-electron chi connectivity index (χ4n) is 1.51. The van der Waals surface area contributed by atoms with E-state index in [4.69, 9.17) is 5.11 Å². The predicted octanol–water partition coefficient (Wildman–Crippen LogP) is 0.184. The van der Waals surface area contributed by atoms with Crippen molar-refractivity contribution in [3.05, 3.63) is 12.3 Å². The molecule has 0 aromatic carbocycles. The van der Waals surface area contributed by atoms with Crippen molar-refractivity contribution in [2.24, 2.45) is 13.0 Å². The van der Waals surface area contributed by atoms with Crippen LogP contribution in [0.2, 0.25) is 0 Å². The topological polar surface area (TPSA) is 98.7 Å². The second-order valence-electron chi connectivity index (χ2n) is 4.13. The molecule has 0 radical (unpaired) electrons. The van der Waals surface area contributed by atoms with Crippen molar-refractivity contribution in [1.29, 1.82) is 0 Å². The SMILES string of the molecule is CC(CCn1nnnc1-c1ccn(C)n1)C(=O)O. The minimum atomic E-state index is -0.817. The molecule has 8 nitrogen and oxygen atoms in total. The smallest absolute Gasteiger partial charge is 0.306 e. The van der Waals surface area contributed by atoms with Gasteiger partial charge in [0.05, 0.1) is 5.92 Å². The van der Waals surface area contributed by atoms with Gasteiger partial charge in [-0.05, 0) is 22.9 Å². The molecule has 2 heterocycles. The molecule has 0 saturated carbocycles. The highest BCUT2D eigenvalue weighted by Crippen LogP contribution is 2.13. The summed E-state index contributed by atoms with van der Waals surface area (Å²) in [4.78, 5) is 10.7. The summed E-state index contributed by atoms with van der Waals surface area (Å²) in [6.07, 6.45) is 2.27. The third kappa shape index (κ3) is 2.53. The van der Waals surface area contributed by atoms with Crippen molar-refractivity contribution in [3.8, 4) is 11.5 Å². The molecule has 0 fully saturated rings. The van der Waals surface area contributed by atoms with Crippen LogP contribution in [-0.2, 0) is 18.4 Å². The Morgan fingerprint density at radius 2 is 2.33 bits per heavy atom. The van der Waals surface area contributed by atoms with Crippen LogP contribution in [0.3, 0.4) is 0 Å². The van der Waals surface area contributed by atoms with Crippen LogP contribution in [0.25, 0.3) is 11.5 Å². The lowest BCUT2D eigenvalue weighted by molar-refractivity contribution is -0.141. The first kappa shape index (κ1) is 12.2.